The number of hydrogen-bond donors (Lipinski definition) is 0. The lowest BCUT2D eigenvalue weighted by atomic mass is 10.0. The molecule has 1 aliphatic carbocycles. The van der Waals surface area contributed by atoms with Crippen molar-refractivity contribution < 1.29 is 0 Å². The molecule has 2 aromatic carbocycles. The molecule has 0 unspecified atom stereocenters. The fraction of sp³-hybridized carbons (Fsp3) is 0.222. The molecule has 0 bridgehead atoms. The van der Waals surface area contributed by atoms with Crippen molar-refractivity contribution in [2.24, 2.45) is 0 Å². The van der Waals surface area contributed by atoms with Crippen LogP contribution >= 0.6 is 15.9 Å². The van der Waals surface area contributed by atoms with Crippen LogP contribution in [0.1, 0.15) is 11.3 Å². The van der Waals surface area contributed by atoms with Crippen molar-refractivity contribution in [2.45, 2.75) is 26.1 Å². The van der Waals surface area contributed by atoms with Crippen LogP contribution in [0.15, 0.2) is 46.9 Å². The number of fused-ring (bicyclic) bond motifs is 5. The first-order valence-corrected chi connectivity index (χ1v) is 11.6. The third-order valence-electron chi connectivity index (χ3n) is 4.34. The second kappa shape index (κ2) is 4.34. The predicted octanol–water partition coefficient (Wildman–Crippen LogP) is 5.66. The molecule has 4 rings (SSSR count). The molecule has 106 valence electrons. The maximum absolute atomic E-state index is 3.64. The molecular weight excluding hydrogens is 338 g/mol. The first-order valence-electron chi connectivity index (χ1n) is 7.38. The van der Waals surface area contributed by atoms with Crippen LogP contribution in [0.5, 0.6) is 0 Å². The van der Waals surface area contributed by atoms with Gasteiger partial charge in [-0.1, -0.05) is 59.8 Å². The van der Waals surface area contributed by atoms with E-state index >= 15 is 0 Å². The zero-order valence-electron chi connectivity index (χ0n) is 12.6. The number of benzene rings is 2. The van der Waals surface area contributed by atoms with Crippen molar-refractivity contribution in [3.63, 3.8) is 0 Å². The van der Waals surface area contributed by atoms with E-state index in [-0.39, 0.29) is 0 Å². The average molecular weight is 356 g/mol. The molecule has 1 heterocycles. The molecule has 0 fully saturated rings. The second-order valence-corrected chi connectivity index (χ2v) is 12.5. The van der Waals surface area contributed by atoms with E-state index in [1.165, 1.54) is 33.3 Å². The zero-order chi connectivity index (χ0) is 14.8. The van der Waals surface area contributed by atoms with Gasteiger partial charge < -0.3 is 4.23 Å². The lowest BCUT2D eigenvalue weighted by molar-refractivity contribution is 1.06. The van der Waals surface area contributed by atoms with Gasteiger partial charge in [-0.25, -0.2) is 0 Å². The Bertz CT molecular complexity index is 871. The number of nitrogens with zero attached hydrogens (tertiary/aromatic N) is 1. The largest absolute Gasteiger partial charge is 0.371 e. The van der Waals surface area contributed by atoms with Gasteiger partial charge in [0.2, 0.25) is 0 Å². The molecule has 3 heteroatoms. The third-order valence-corrected chi connectivity index (χ3v) is 6.69. The quantitative estimate of drug-likeness (QED) is 0.388. The molecule has 1 aliphatic rings. The Hall–Kier alpha value is -1.32. The lowest BCUT2D eigenvalue weighted by Gasteiger charge is -2.23. The highest BCUT2D eigenvalue weighted by molar-refractivity contribution is 9.10. The second-order valence-electron chi connectivity index (χ2n) is 6.82. The van der Waals surface area contributed by atoms with Crippen LogP contribution in [-0.2, 0) is 6.42 Å². The number of rotatable bonds is 1. The van der Waals surface area contributed by atoms with Crippen LogP contribution in [0.4, 0.5) is 0 Å². The van der Waals surface area contributed by atoms with Gasteiger partial charge in [0, 0.05) is 33.1 Å². The fourth-order valence-corrected chi connectivity index (χ4v) is 5.93. The molecule has 0 aliphatic heterocycles. The van der Waals surface area contributed by atoms with Crippen LogP contribution in [0, 0.1) is 0 Å². The van der Waals surface area contributed by atoms with E-state index in [2.05, 4.69) is 82.3 Å². The summed E-state index contributed by atoms with van der Waals surface area (Å²) in [4.78, 5) is 0. The first kappa shape index (κ1) is 13.3. The van der Waals surface area contributed by atoms with Crippen molar-refractivity contribution in [3.05, 3.63) is 58.2 Å². The van der Waals surface area contributed by atoms with E-state index in [4.69, 9.17) is 0 Å². The molecule has 0 atom stereocenters. The average Bonchev–Trinajstić information content (AvgIpc) is 2.91. The van der Waals surface area contributed by atoms with E-state index in [9.17, 15) is 0 Å². The standard InChI is InChI=1S/C18H18BrNSi/c1-21(2,3)20-16-9-8-13(19)11-15(16)18-14-7-5-4-6-12(14)10-17(18)20/h4-9,11H,10H2,1-3H3. The van der Waals surface area contributed by atoms with Gasteiger partial charge in [-0.05, 0) is 29.3 Å². The van der Waals surface area contributed by atoms with Crippen LogP contribution in [0.2, 0.25) is 19.6 Å². The first-order chi connectivity index (χ1) is 9.97. The minimum Gasteiger partial charge on any atom is -0.371 e. The van der Waals surface area contributed by atoms with Gasteiger partial charge in [0.15, 0.2) is 8.24 Å². The van der Waals surface area contributed by atoms with Gasteiger partial charge >= 0.3 is 0 Å². The summed E-state index contributed by atoms with van der Waals surface area (Å²) in [7, 11) is -1.46. The molecule has 0 radical (unpaired) electrons. The lowest BCUT2D eigenvalue weighted by Crippen LogP contribution is -2.33. The summed E-state index contributed by atoms with van der Waals surface area (Å²) < 4.78 is 3.82. The maximum atomic E-state index is 3.64. The summed E-state index contributed by atoms with van der Waals surface area (Å²) in [6, 6.07) is 15.6. The Balaban J connectivity index is 2.17. The molecule has 1 aromatic heterocycles. The van der Waals surface area contributed by atoms with E-state index in [0.29, 0.717) is 0 Å². The van der Waals surface area contributed by atoms with Gasteiger partial charge in [-0.2, -0.15) is 0 Å². The van der Waals surface area contributed by atoms with Crippen molar-refractivity contribution in [1.29, 1.82) is 0 Å². The van der Waals surface area contributed by atoms with Crippen LogP contribution in [0.25, 0.3) is 22.0 Å². The minimum absolute atomic E-state index is 1.07. The summed E-state index contributed by atoms with van der Waals surface area (Å²) in [6.45, 7) is 7.28. The topological polar surface area (TPSA) is 4.93 Å². The zero-order valence-corrected chi connectivity index (χ0v) is 15.2. The molecule has 3 aromatic rings. The Morgan fingerprint density at radius 1 is 1.05 bits per heavy atom. The highest BCUT2D eigenvalue weighted by atomic mass is 79.9. The Morgan fingerprint density at radius 3 is 2.57 bits per heavy atom. The third kappa shape index (κ3) is 1.87. The molecule has 0 saturated heterocycles. The highest BCUT2D eigenvalue weighted by Crippen LogP contribution is 2.45. The minimum atomic E-state index is -1.46. The normalized spacial score (nSPS) is 13.5. The summed E-state index contributed by atoms with van der Waals surface area (Å²) in [5, 5.41) is 1.40. The van der Waals surface area contributed by atoms with Gasteiger partial charge in [0.05, 0.1) is 0 Å². The van der Waals surface area contributed by atoms with Crippen molar-refractivity contribution >= 4 is 35.1 Å². The molecular formula is C18H18BrNSi. The molecule has 0 N–H and O–H groups in total. The molecule has 0 saturated carbocycles. The SMILES string of the molecule is C[Si](C)(C)n1c2c(c3cc(Br)ccc31)-c1ccccc1C2. The molecule has 0 spiro atoms. The van der Waals surface area contributed by atoms with Crippen molar-refractivity contribution in [3.8, 4) is 11.1 Å². The van der Waals surface area contributed by atoms with Gasteiger partial charge in [-0.15, -0.1) is 0 Å². The molecule has 21 heavy (non-hydrogen) atoms. The summed E-state index contributed by atoms with van der Waals surface area (Å²) in [6.07, 6.45) is 1.07. The van der Waals surface area contributed by atoms with E-state index in [0.717, 1.165) is 10.9 Å². The fourth-order valence-electron chi connectivity index (χ4n) is 3.65. The van der Waals surface area contributed by atoms with Gasteiger partial charge in [-0.3, -0.25) is 0 Å². The molecule has 1 nitrogen and oxygen atoms in total. The monoisotopic (exact) mass is 355 g/mol. The van der Waals surface area contributed by atoms with E-state index in [1.54, 1.807) is 0 Å². The summed E-state index contributed by atoms with van der Waals surface area (Å²) >= 11 is 3.64. The maximum Gasteiger partial charge on any atom is 0.153 e. The number of halogens is 1. The summed E-state index contributed by atoms with van der Waals surface area (Å²) in [5.41, 5.74) is 7.27. The highest BCUT2D eigenvalue weighted by Gasteiger charge is 2.31. The predicted molar refractivity (Wildman–Crippen MR) is 96.6 cm³/mol. The number of hydrogen-bond acceptors (Lipinski definition) is 0. The van der Waals surface area contributed by atoms with Crippen molar-refractivity contribution in [1.82, 2.24) is 4.23 Å². The van der Waals surface area contributed by atoms with Crippen molar-refractivity contribution in [2.75, 3.05) is 0 Å². The van der Waals surface area contributed by atoms with Crippen LogP contribution in [0.3, 0.4) is 0 Å². The Labute approximate surface area is 134 Å². The van der Waals surface area contributed by atoms with E-state index in [1.807, 2.05) is 0 Å². The summed E-state index contributed by atoms with van der Waals surface area (Å²) in [5.74, 6) is 0. The van der Waals surface area contributed by atoms with Crippen LogP contribution < -0.4 is 0 Å². The Kier molecular flexibility index (Phi) is 2.76. The van der Waals surface area contributed by atoms with Gasteiger partial charge in [0.25, 0.3) is 0 Å². The Morgan fingerprint density at radius 2 is 1.81 bits per heavy atom. The van der Waals surface area contributed by atoms with Crippen LogP contribution in [-0.4, -0.2) is 12.5 Å². The molecule has 0 amide bonds. The van der Waals surface area contributed by atoms with Gasteiger partial charge in [0.1, 0.15) is 0 Å². The number of aromatic nitrogens is 1. The van der Waals surface area contributed by atoms with E-state index < -0.39 is 8.24 Å². The smallest absolute Gasteiger partial charge is 0.153 e.